The number of nitrogens with two attached hydrogens (primary N) is 1. The van der Waals surface area contributed by atoms with Gasteiger partial charge in [-0.1, -0.05) is 18.9 Å². The molecule has 3 nitrogen and oxygen atoms in total. The van der Waals surface area contributed by atoms with Crippen molar-refractivity contribution in [1.29, 1.82) is 0 Å². The van der Waals surface area contributed by atoms with Crippen molar-refractivity contribution in [3.63, 3.8) is 0 Å². The Morgan fingerprint density at radius 3 is 2.65 bits per heavy atom. The van der Waals surface area contributed by atoms with Crippen LogP contribution in [0, 0.1) is 11.8 Å². The van der Waals surface area contributed by atoms with Crippen molar-refractivity contribution in [3.8, 4) is 5.75 Å². The van der Waals surface area contributed by atoms with Gasteiger partial charge in [0.25, 0.3) is 0 Å². The third kappa shape index (κ3) is 4.21. The van der Waals surface area contributed by atoms with E-state index >= 15 is 0 Å². The number of halogens is 1. The van der Waals surface area contributed by atoms with Crippen LogP contribution >= 0.6 is 15.9 Å². The molecule has 1 fully saturated rings. The van der Waals surface area contributed by atoms with Crippen LogP contribution in [0.25, 0.3) is 0 Å². The van der Waals surface area contributed by atoms with Crippen molar-refractivity contribution in [1.82, 2.24) is 0 Å². The molecule has 4 heteroatoms. The summed E-state index contributed by atoms with van der Waals surface area (Å²) in [6.07, 6.45) is 5.16. The first-order valence-corrected chi connectivity index (χ1v) is 8.14. The molecular formula is C16H24BrNO2. The van der Waals surface area contributed by atoms with Crippen LogP contribution in [0.4, 0.5) is 0 Å². The third-order valence-electron chi connectivity index (χ3n) is 4.19. The second-order valence-electron chi connectivity index (χ2n) is 5.52. The highest BCUT2D eigenvalue weighted by atomic mass is 79.9. The van der Waals surface area contributed by atoms with E-state index < -0.39 is 0 Å². The first-order chi connectivity index (χ1) is 9.74. The van der Waals surface area contributed by atoms with Crippen LogP contribution in [0.1, 0.15) is 31.2 Å². The molecule has 0 aliphatic heterocycles. The largest absolute Gasteiger partial charge is 0.496 e. The fourth-order valence-corrected chi connectivity index (χ4v) is 3.53. The van der Waals surface area contributed by atoms with Gasteiger partial charge in [-0.25, -0.2) is 0 Å². The van der Waals surface area contributed by atoms with Crippen LogP contribution in [0.3, 0.4) is 0 Å². The second-order valence-corrected chi connectivity index (χ2v) is 6.38. The summed E-state index contributed by atoms with van der Waals surface area (Å²) < 4.78 is 12.1. The zero-order valence-corrected chi connectivity index (χ0v) is 13.7. The van der Waals surface area contributed by atoms with E-state index in [9.17, 15) is 0 Å². The summed E-state index contributed by atoms with van der Waals surface area (Å²) in [6, 6.07) is 6.07. The summed E-state index contributed by atoms with van der Waals surface area (Å²) in [4.78, 5) is 0. The average molecular weight is 342 g/mol. The van der Waals surface area contributed by atoms with Gasteiger partial charge in [-0.2, -0.15) is 0 Å². The molecule has 0 spiro atoms. The minimum atomic E-state index is 0.635. The molecule has 0 aromatic heterocycles. The molecule has 0 radical (unpaired) electrons. The molecule has 2 N–H and O–H groups in total. The predicted octanol–water partition coefficient (Wildman–Crippen LogP) is 3.74. The maximum atomic E-state index is 5.90. The van der Waals surface area contributed by atoms with Crippen molar-refractivity contribution in [2.24, 2.45) is 17.6 Å². The molecule has 112 valence electrons. The van der Waals surface area contributed by atoms with Crippen molar-refractivity contribution >= 4 is 15.9 Å². The highest BCUT2D eigenvalue weighted by Crippen LogP contribution is 2.30. The Hall–Kier alpha value is -0.580. The van der Waals surface area contributed by atoms with Crippen LogP contribution in [0.15, 0.2) is 22.7 Å². The number of benzene rings is 1. The van der Waals surface area contributed by atoms with Crippen LogP contribution in [0.5, 0.6) is 5.75 Å². The lowest BCUT2D eigenvalue weighted by molar-refractivity contribution is 0.0512. The Kier molecular flexibility index (Phi) is 6.33. The summed E-state index contributed by atoms with van der Waals surface area (Å²) >= 11 is 3.50. The summed E-state index contributed by atoms with van der Waals surface area (Å²) in [5.74, 6) is 2.13. The molecule has 2 unspecified atom stereocenters. The Bertz CT molecular complexity index is 425. The standard InChI is InChI=1S/C16H24BrNO2/c1-19-16-7-6-12(8-15(16)17)10-20-11-14-5-3-2-4-13(14)9-18/h6-8,13-14H,2-5,9-11,18H2,1H3. The van der Waals surface area contributed by atoms with E-state index in [0.29, 0.717) is 18.4 Å². The molecule has 0 bridgehead atoms. The maximum absolute atomic E-state index is 5.90. The van der Waals surface area contributed by atoms with Crippen LogP contribution in [0.2, 0.25) is 0 Å². The molecule has 0 saturated heterocycles. The zero-order valence-electron chi connectivity index (χ0n) is 12.1. The van der Waals surface area contributed by atoms with E-state index in [-0.39, 0.29) is 0 Å². The first-order valence-electron chi connectivity index (χ1n) is 7.34. The van der Waals surface area contributed by atoms with Crippen molar-refractivity contribution < 1.29 is 9.47 Å². The molecule has 1 aliphatic carbocycles. The number of rotatable bonds is 6. The lowest BCUT2D eigenvalue weighted by Gasteiger charge is -2.30. The second kappa shape index (κ2) is 8.01. The molecule has 1 aliphatic rings. The van der Waals surface area contributed by atoms with Gasteiger partial charge in [-0.3, -0.25) is 0 Å². The van der Waals surface area contributed by atoms with Crippen molar-refractivity contribution in [2.45, 2.75) is 32.3 Å². The molecule has 2 atom stereocenters. The van der Waals surface area contributed by atoms with Crippen LogP contribution in [-0.2, 0) is 11.3 Å². The number of methoxy groups -OCH3 is 1. The summed E-state index contributed by atoms with van der Waals surface area (Å²) in [5, 5.41) is 0. The van der Waals surface area contributed by atoms with Crippen molar-refractivity contribution in [3.05, 3.63) is 28.2 Å². The normalized spacial score (nSPS) is 22.8. The Morgan fingerprint density at radius 1 is 1.25 bits per heavy atom. The zero-order chi connectivity index (χ0) is 14.4. The molecule has 1 aromatic carbocycles. The lowest BCUT2D eigenvalue weighted by atomic mass is 9.80. The van der Waals surface area contributed by atoms with E-state index in [4.69, 9.17) is 15.2 Å². The Labute approximate surface area is 130 Å². The topological polar surface area (TPSA) is 44.5 Å². The van der Waals surface area contributed by atoms with Gasteiger partial charge in [0.05, 0.1) is 24.8 Å². The quantitative estimate of drug-likeness (QED) is 0.857. The van der Waals surface area contributed by atoms with Gasteiger partial charge in [-0.15, -0.1) is 0 Å². The van der Waals surface area contributed by atoms with Gasteiger partial charge in [0.15, 0.2) is 0 Å². The Balaban J connectivity index is 1.81. The smallest absolute Gasteiger partial charge is 0.133 e. The molecule has 0 heterocycles. The third-order valence-corrected chi connectivity index (χ3v) is 4.81. The molecule has 2 rings (SSSR count). The van der Waals surface area contributed by atoms with Gasteiger partial charge in [0.1, 0.15) is 5.75 Å². The summed E-state index contributed by atoms with van der Waals surface area (Å²) in [5.41, 5.74) is 7.02. The van der Waals surface area contributed by atoms with E-state index in [2.05, 4.69) is 22.0 Å². The van der Waals surface area contributed by atoms with E-state index in [1.54, 1.807) is 7.11 Å². The fraction of sp³-hybridized carbons (Fsp3) is 0.625. The minimum absolute atomic E-state index is 0.635. The van der Waals surface area contributed by atoms with Gasteiger partial charge < -0.3 is 15.2 Å². The predicted molar refractivity (Wildman–Crippen MR) is 84.9 cm³/mol. The van der Waals surface area contributed by atoms with Gasteiger partial charge in [0.2, 0.25) is 0 Å². The highest BCUT2D eigenvalue weighted by molar-refractivity contribution is 9.10. The first kappa shape index (κ1) is 15.8. The van der Waals surface area contributed by atoms with Crippen LogP contribution in [-0.4, -0.2) is 20.3 Å². The highest BCUT2D eigenvalue weighted by Gasteiger charge is 2.23. The van der Waals surface area contributed by atoms with Gasteiger partial charge in [0, 0.05) is 0 Å². The van der Waals surface area contributed by atoms with Crippen LogP contribution < -0.4 is 10.5 Å². The maximum Gasteiger partial charge on any atom is 0.133 e. The van der Waals surface area contributed by atoms with Crippen molar-refractivity contribution in [2.75, 3.05) is 20.3 Å². The molecule has 1 saturated carbocycles. The average Bonchev–Trinajstić information content (AvgIpc) is 2.48. The minimum Gasteiger partial charge on any atom is -0.496 e. The molecule has 0 amide bonds. The summed E-state index contributed by atoms with van der Waals surface area (Å²) in [7, 11) is 1.67. The van der Waals surface area contributed by atoms with Gasteiger partial charge >= 0.3 is 0 Å². The van der Waals surface area contributed by atoms with E-state index in [1.807, 2.05) is 12.1 Å². The van der Waals surface area contributed by atoms with E-state index in [1.165, 1.54) is 25.7 Å². The molecule has 1 aromatic rings. The summed E-state index contributed by atoms with van der Waals surface area (Å²) in [6.45, 7) is 2.27. The lowest BCUT2D eigenvalue weighted by Crippen LogP contribution is -2.29. The molecule has 20 heavy (non-hydrogen) atoms. The number of hydrogen-bond acceptors (Lipinski definition) is 3. The molecular weight excluding hydrogens is 318 g/mol. The van der Waals surface area contributed by atoms with E-state index in [0.717, 1.165) is 28.9 Å². The SMILES string of the molecule is COc1ccc(COCC2CCCCC2CN)cc1Br. The Morgan fingerprint density at radius 2 is 2.00 bits per heavy atom. The van der Waals surface area contributed by atoms with Gasteiger partial charge in [-0.05, 0) is 64.8 Å². The monoisotopic (exact) mass is 341 g/mol. The fourth-order valence-electron chi connectivity index (χ4n) is 2.94. The number of ether oxygens (including phenoxy) is 2. The number of hydrogen-bond donors (Lipinski definition) is 1.